The van der Waals surface area contributed by atoms with Gasteiger partial charge < -0.3 is 4.84 Å². The summed E-state index contributed by atoms with van der Waals surface area (Å²) in [6.45, 7) is 6.42. The number of rotatable bonds is 5. The van der Waals surface area contributed by atoms with Crippen LogP contribution in [-0.2, 0) is 16.7 Å². The lowest BCUT2D eigenvalue weighted by atomic mass is 9.87. The summed E-state index contributed by atoms with van der Waals surface area (Å²) >= 11 is 1.58. The predicted octanol–water partition coefficient (Wildman–Crippen LogP) is 5.85. The summed E-state index contributed by atoms with van der Waals surface area (Å²) in [6.07, 6.45) is 0.609. The van der Waals surface area contributed by atoms with Gasteiger partial charge in [0, 0.05) is 6.42 Å². The first-order valence-electron chi connectivity index (χ1n) is 8.90. The van der Waals surface area contributed by atoms with Crippen molar-refractivity contribution < 1.29 is 9.63 Å². The molecule has 3 aromatic rings. The van der Waals surface area contributed by atoms with Crippen LogP contribution in [0.4, 0.5) is 0 Å². The maximum atomic E-state index is 12.4. The number of thiophene rings is 1. The van der Waals surface area contributed by atoms with Crippen LogP contribution in [0.1, 0.15) is 47.1 Å². The second kappa shape index (κ2) is 8.31. The van der Waals surface area contributed by atoms with Crippen molar-refractivity contribution >= 4 is 23.0 Å². The Labute approximate surface area is 164 Å². The quantitative estimate of drug-likeness (QED) is 0.318. The molecule has 0 fully saturated rings. The molecule has 1 heterocycles. The molecule has 3 rings (SSSR count). The molecule has 0 aliphatic rings. The molecule has 0 aliphatic heterocycles. The van der Waals surface area contributed by atoms with E-state index in [-0.39, 0.29) is 5.41 Å². The molecule has 0 radical (unpaired) electrons. The van der Waals surface area contributed by atoms with Gasteiger partial charge in [0.15, 0.2) is 0 Å². The van der Waals surface area contributed by atoms with Gasteiger partial charge in [-0.25, -0.2) is 4.79 Å². The largest absolute Gasteiger partial charge is 0.365 e. The average molecular weight is 378 g/mol. The van der Waals surface area contributed by atoms with Gasteiger partial charge in [-0.05, 0) is 40.1 Å². The molecular formula is C23H23NO2S. The van der Waals surface area contributed by atoms with Crippen molar-refractivity contribution in [2.45, 2.75) is 32.6 Å². The molecule has 0 saturated heterocycles. The predicted molar refractivity (Wildman–Crippen MR) is 112 cm³/mol. The van der Waals surface area contributed by atoms with Gasteiger partial charge in [0.05, 0.1) is 10.4 Å². The Morgan fingerprint density at radius 2 is 1.67 bits per heavy atom. The fourth-order valence-corrected chi connectivity index (χ4v) is 3.36. The normalized spacial score (nSPS) is 12.0. The summed E-state index contributed by atoms with van der Waals surface area (Å²) < 4.78 is 0. The minimum absolute atomic E-state index is 0.0443. The number of benzene rings is 2. The van der Waals surface area contributed by atoms with Crippen molar-refractivity contribution in [3.05, 3.63) is 93.7 Å². The lowest BCUT2D eigenvalue weighted by Gasteiger charge is -2.18. The number of hydrogen-bond acceptors (Lipinski definition) is 4. The number of nitrogens with zero attached hydrogens (tertiary/aromatic N) is 1. The molecule has 3 nitrogen and oxygen atoms in total. The third-order valence-corrected chi connectivity index (χ3v) is 5.16. The Morgan fingerprint density at radius 3 is 2.26 bits per heavy atom. The first-order chi connectivity index (χ1) is 12.9. The fourth-order valence-electron chi connectivity index (χ4n) is 2.65. The molecule has 27 heavy (non-hydrogen) atoms. The smallest absolute Gasteiger partial charge is 0.312 e. The number of carbonyl (C=O) groups is 1. The summed E-state index contributed by atoms with van der Waals surface area (Å²) in [5.74, 6) is -0.447. The molecule has 0 amide bonds. The lowest BCUT2D eigenvalue weighted by molar-refractivity contribution is 0.0516. The highest BCUT2D eigenvalue weighted by atomic mass is 32.1. The Kier molecular flexibility index (Phi) is 5.87. The van der Waals surface area contributed by atoms with E-state index >= 15 is 0 Å². The number of carbonyl (C=O) groups excluding carboxylic acids is 1. The highest BCUT2D eigenvalue weighted by Crippen LogP contribution is 2.22. The lowest BCUT2D eigenvalue weighted by Crippen LogP contribution is -2.12. The average Bonchev–Trinajstić information content (AvgIpc) is 3.20. The van der Waals surface area contributed by atoms with Crippen molar-refractivity contribution in [1.29, 1.82) is 0 Å². The summed E-state index contributed by atoms with van der Waals surface area (Å²) in [5, 5.41) is 6.18. The topological polar surface area (TPSA) is 38.7 Å². The van der Waals surface area contributed by atoms with Crippen LogP contribution >= 0.6 is 11.3 Å². The molecule has 1 aromatic heterocycles. The van der Waals surface area contributed by atoms with E-state index in [0.29, 0.717) is 12.0 Å². The van der Waals surface area contributed by atoms with E-state index in [1.165, 1.54) is 5.56 Å². The molecule has 0 saturated carbocycles. The zero-order valence-corrected chi connectivity index (χ0v) is 16.6. The van der Waals surface area contributed by atoms with Gasteiger partial charge in [-0.3, -0.25) is 0 Å². The van der Waals surface area contributed by atoms with Crippen molar-refractivity contribution in [1.82, 2.24) is 0 Å². The van der Waals surface area contributed by atoms with Gasteiger partial charge >= 0.3 is 5.97 Å². The number of oxime groups is 1. The molecule has 0 spiro atoms. The van der Waals surface area contributed by atoms with E-state index in [2.05, 4.69) is 25.9 Å². The maximum absolute atomic E-state index is 12.4. The van der Waals surface area contributed by atoms with Crippen LogP contribution < -0.4 is 0 Å². The van der Waals surface area contributed by atoms with Crippen molar-refractivity contribution in [3.8, 4) is 0 Å². The van der Waals surface area contributed by atoms with Gasteiger partial charge in [-0.15, -0.1) is 11.3 Å². The molecule has 0 bridgehead atoms. The molecule has 2 aromatic carbocycles. The van der Waals surface area contributed by atoms with Crippen LogP contribution in [-0.4, -0.2) is 11.7 Å². The molecule has 0 aliphatic carbocycles. The van der Waals surface area contributed by atoms with Crippen molar-refractivity contribution in [3.63, 3.8) is 0 Å². The highest BCUT2D eigenvalue weighted by Gasteiger charge is 2.15. The molecule has 4 heteroatoms. The first-order valence-corrected chi connectivity index (χ1v) is 9.78. The van der Waals surface area contributed by atoms with Gasteiger partial charge in [-0.1, -0.05) is 74.5 Å². The van der Waals surface area contributed by atoms with Crippen molar-refractivity contribution in [2.24, 2.45) is 5.16 Å². The maximum Gasteiger partial charge on any atom is 0.365 e. The monoisotopic (exact) mass is 377 g/mol. The van der Waals surface area contributed by atoms with Gasteiger partial charge in [0.2, 0.25) is 0 Å². The first kappa shape index (κ1) is 19.1. The van der Waals surface area contributed by atoms with Gasteiger partial charge in [-0.2, -0.15) is 0 Å². The molecular weight excluding hydrogens is 354 g/mol. The van der Waals surface area contributed by atoms with E-state index < -0.39 is 5.97 Å². The third-order valence-electron chi connectivity index (χ3n) is 4.25. The Morgan fingerprint density at radius 1 is 0.963 bits per heavy atom. The van der Waals surface area contributed by atoms with Crippen LogP contribution in [0.25, 0.3) is 0 Å². The Balaban J connectivity index is 1.76. The standard InChI is InChI=1S/C23H23NO2S/c1-23(2,3)19-13-11-18(12-14-19)22(25)26-24-20(21-10-7-15-27-21)16-17-8-5-4-6-9-17/h4-15H,16H2,1-3H3/b24-20+. The van der Waals surface area contributed by atoms with E-state index in [1.54, 1.807) is 23.5 Å². The zero-order valence-electron chi connectivity index (χ0n) is 15.8. The zero-order chi connectivity index (χ0) is 19.3. The van der Waals surface area contributed by atoms with Crippen LogP contribution in [0.2, 0.25) is 0 Å². The number of hydrogen-bond donors (Lipinski definition) is 0. The highest BCUT2D eigenvalue weighted by molar-refractivity contribution is 7.12. The summed E-state index contributed by atoms with van der Waals surface area (Å²) in [7, 11) is 0. The second-order valence-corrected chi connectivity index (χ2v) is 8.33. The minimum Gasteiger partial charge on any atom is -0.312 e. The summed E-state index contributed by atoms with van der Waals surface area (Å²) in [5.41, 5.74) is 3.58. The molecule has 138 valence electrons. The second-order valence-electron chi connectivity index (χ2n) is 7.38. The molecule has 0 N–H and O–H groups in total. The van der Waals surface area contributed by atoms with Gasteiger partial charge in [0.25, 0.3) is 0 Å². The van der Waals surface area contributed by atoms with E-state index in [9.17, 15) is 4.79 Å². The third kappa shape index (κ3) is 5.14. The van der Waals surface area contributed by atoms with Crippen LogP contribution in [0, 0.1) is 0 Å². The Bertz CT molecular complexity index is 905. The van der Waals surface area contributed by atoms with Gasteiger partial charge in [0.1, 0.15) is 5.71 Å². The minimum atomic E-state index is -0.447. The summed E-state index contributed by atoms with van der Waals surface area (Å²) in [6, 6.07) is 21.5. The molecule has 0 unspecified atom stereocenters. The van der Waals surface area contributed by atoms with E-state index in [4.69, 9.17) is 4.84 Å². The summed E-state index contributed by atoms with van der Waals surface area (Å²) in [4.78, 5) is 18.7. The fraction of sp³-hybridized carbons (Fsp3) is 0.217. The van der Waals surface area contributed by atoms with Crippen LogP contribution in [0.5, 0.6) is 0 Å². The molecule has 0 atom stereocenters. The van der Waals surface area contributed by atoms with Crippen LogP contribution in [0.15, 0.2) is 77.3 Å². The van der Waals surface area contributed by atoms with E-state index in [1.807, 2.05) is 60.0 Å². The van der Waals surface area contributed by atoms with Crippen LogP contribution in [0.3, 0.4) is 0 Å². The van der Waals surface area contributed by atoms with E-state index in [0.717, 1.165) is 16.2 Å². The SMILES string of the molecule is CC(C)(C)c1ccc(C(=O)O/N=C(\Cc2ccccc2)c2cccs2)cc1. The Hall–Kier alpha value is -2.72. The van der Waals surface area contributed by atoms with Crippen molar-refractivity contribution in [2.75, 3.05) is 0 Å².